The van der Waals surface area contributed by atoms with Crippen LogP contribution in [0.15, 0.2) is 48.7 Å². The number of carbonyl (C=O) groups excluding carboxylic acids is 2. The summed E-state index contributed by atoms with van der Waals surface area (Å²) in [5, 5.41) is 0.777. The minimum atomic E-state index is -3.35. The number of fused-ring (bicyclic) bond motifs is 2. The fourth-order valence-electron chi connectivity index (χ4n) is 3.62. The average Bonchev–Trinajstić information content (AvgIpc) is 3.30. The summed E-state index contributed by atoms with van der Waals surface area (Å²) in [6, 6.07) is 12.2. The normalized spacial score (nSPS) is 14.6. The highest BCUT2D eigenvalue weighted by molar-refractivity contribution is 7.92. The SMILES string of the molecule is CC(OC(=O)c1ccc2c(c1)CCN2S(C)(=O)=O)C(=O)c1c[nH]c2ccccc12. The number of hydrogen-bond acceptors (Lipinski definition) is 5. The van der Waals surface area contributed by atoms with Crippen molar-refractivity contribution in [2.24, 2.45) is 0 Å². The van der Waals surface area contributed by atoms with Gasteiger partial charge in [0.1, 0.15) is 0 Å². The summed E-state index contributed by atoms with van der Waals surface area (Å²) < 4.78 is 30.4. The van der Waals surface area contributed by atoms with Gasteiger partial charge < -0.3 is 9.72 Å². The lowest BCUT2D eigenvalue weighted by Crippen LogP contribution is -2.27. The second-order valence-corrected chi connectivity index (χ2v) is 9.00. The number of hydrogen-bond donors (Lipinski definition) is 1. The predicted octanol–water partition coefficient (Wildman–Crippen LogP) is 2.92. The summed E-state index contributed by atoms with van der Waals surface area (Å²) in [4.78, 5) is 28.4. The number of Topliss-reactive ketones (excluding diaryl/α,β-unsaturated/α-hetero) is 1. The van der Waals surface area contributed by atoms with Crippen molar-refractivity contribution in [3.8, 4) is 0 Å². The van der Waals surface area contributed by atoms with Gasteiger partial charge in [-0.1, -0.05) is 18.2 Å². The van der Waals surface area contributed by atoms with Crippen LogP contribution in [0.4, 0.5) is 5.69 Å². The van der Waals surface area contributed by atoms with Crippen molar-refractivity contribution >= 4 is 38.4 Å². The fourth-order valence-corrected chi connectivity index (χ4v) is 4.58. The molecule has 4 rings (SSSR count). The monoisotopic (exact) mass is 412 g/mol. The first kappa shape index (κ1) is 19.2. The molecule has 1 aliphatic heterocycles. The largest absolute Gasteiger partial charge is 0.451 e. The number of nitrogens with zero attached hydrogens (tertiary/aromatic N) is 1. The molecule has 1 aliphatic rings. The minimum absolute atomic E-state index is 0.290. The smallest absolute Gasteiger partial charge is 0.338 e. The van der Waals surface area contributed by atoms with Gasteiger partial charge >= 0.3 is 5.97 Å². The number of esters is 1. The lowest BCUT2D eigenvalue weighted by molar-refractivity contribution is 0.0319. The molecule has 0 aliphatic carbocycles. The lowest BCUT2D eigenvalue weighted by Gasteiger charge is -2.16. The van der Waals surface area contributed by atoms with E-state index in [4.69, 9.17) is 4.74 Å². The van der Waals surface area contributed by atoms with Crippen LogP contribution in [0.1, 0.15) is 33.2 Å². The van der Waals surface area contributed by atoms with Gasteiger partial charge in [0.25, 0.3) is 0 Å². The van der Waals surface area contributed by atoms with Crippen LogP contribution in [0.2, 0.25) is 0 Å². The number of benzene rings is 2. The Hall–Kier alpha value is -3.13. The first-order valence-corrected chi connectivity index (χ1v) is 11.0. The van der Waals surface area contributed by atoms with Crippen molar-refractivity contribution in [2.45, 2.75) is 19.4 Å². The van der Waals surface area contributed by atoms with Crippen LogP contribution in [0.5, 0.6) is 0 Å². The number of sulfonamides is 1. The minimum Gasteiger partial charge on any atom is -0.451 e. The molecule has 1 aromatic heterocycles. The highest BCUT2D eigenvalue weighted by atomic mass is 32.2. The highest BCUT2D eigenvalue weighted by Crippen LogP contribution is 2.31. The molecule has 0 spiro atoms. The highest BCUT2D eigenvalue weighted by Gasteiger charge is 2.28. The number of anilines is 1. The summed E-state index contributed by atoms with van der Waals surface area (Å²) in [5.74, 6) is -0.911. The predicted molar refractivity (Wildman–Crippen MR) is 110 cm³/mol. The molecule has 3 aromatic rings. The molecule has 0 amide bonds. The number of ketones is 1. The Kier molecular flexibility index (Phi) is 4.66. The van der Waals surface area contributed by atoms with Crippen LogP contribution in [0.3, 0.4) is 0 Å². The molecular weight excluding hydrogens is 392 g/mol. The lowest BCUT2D eigenvalue weighted by atomic mass is 10.1. The maximum Gasteiger partial charge on any atom is 0.338 e. The summed E-state index contributed by atoms with van der Waals surface area (Å²) in [6.07, 6.45) is 2.34. The molecule has 0 radical (unpaired) electrons. The van der Waals surface area contributed by atoms with E-state index in [2.05, 4.69) is 4.98 Å². The zero-order valence-electron chi connectivity index (χ0n) is 16.0. The number of nitrogens with one attached hydrogen (secondary N) is 1. The van der Waals surface area contributed by atoms with Gasteiger partial charge in [-0.3, -0.25) is 9.10 Å². The molecule has 0 bridgehead atoms. The van der Waals surface area contributed by atoms with Gasteiger partial charge in [0.15, 0.2) is 6.10 Å². The Balaban J connectivity index is 1.52. The third kappa shape index (κ3) is 3.51. The zero-order valence-corrected chi connectivity index (χ0v) is 16.8. The van der Waals surface area contributed by atoms with Crippen molar-refractivity contribution in [2.75, 3.05) is 17.1 Å². The van der Waals surface area contributed by atoms with Crippen molar-refractivity contribution in [1.82, 2.24) is 4.98 Å². The molecule has 0 fully saturated rings. The molecule has 2 aromatic carbocycles. The van der Waals surface area contributed by atoms with E-state index in [1.165, 1.54) is 10.4 Å². The van der Waals surface area contributed by atoms with E-state index in [0.717, 1.165) is 22.7 Å². The van der Waals surface area contributed by atoms with Crippen LogP contribution in [-0.2, 0) is 21.2 Å². The molecule has 29 heavy (non-hydrogen) atoms. The molecule has 150 valence electrons. The van der Waals surface area contributed by atoms with Crippen molar-refractivity contribution < 1.29 is 22.7 Å². The Morgan fingerprint density at radius 2 is 1.93 bits per heavy atom. The van der Waals surface area contributed by atoms with Gasteiger partial charge in [-0.15, -0.1) is 0 Å². The third-order valence-electron chi connectivity index (χ3n) is 5.08. The van der Waals surface area contributed by atoms with E-state index in [-0.39, 0.29) is 11.3 Å². The Labute approximate surface area is 168 Å². The second-order valence-electron chi connectivity index (χ2n) is 7.09. The molecule has 1 atom stereocenters. The van der Waals surface area contributed by atoms with Crippen LogP contribution >= 0.6 is 0 Å². The van der Waals surface area contributed by atoms with Crippen molar-refractivity contribution in [3.63, 3.8) is 0 Å². The Bertz CT molecular complexity index is 1230. The van der Waals surface area contributed by atoms with Crippen LogP contribution in [0.25, 0.3) is 10.9 Å². The first-order valence-electron chi connectivity index (χ1n) is 9.17. The molecule has 7 nitrogen and oxygen atoms in total. The number of H-pyrrole nitrogens is 1. The van der Waals surface area contributed by atoms with Crippen molar-refractivity contribution in [3.05, 3.63) is 65.4 Å². The molecule has 1 N–H and O–H groups in total. The van der Waals surface area contributed by atoms with E-state index in [0.29, 0.717) is 24.2 Å². The van der Waals surface area contributed by atoms with Crippen LogP contribution < -0.4 is 4.31 Å². The Morgan fingerprint density at radius 3 is 2.69 bits per heavy atom. The number of carbonyl (C=O) groups is 2. The number of para-hydroxylation sites is 1. The molecule has 0 saturated carbocycles. The van der Waals surface area contributed by atoms with Gasteiger partial charge in [-0.2, -0.15) is 0 Å². The number of ether oxygens (including phenoxy) is 1. The number of rotatable bonds is 5. The molecule has 0 saturated heterocycles. The van der Waals surface area contributed by atoms with E-state index in [9.17, 15) is 18.0 Å². The standard InChI is InChI=1S/C21H20N2O5S/c1-13(20(24)17-12-22-18-6-4-3-5-16(17)18)28-21(25)15-7-8-19-14(11-15)9-10-23(19)29(2,26)27/h3-8,11-13,22H,9-10H2,1-2H3. The summed E-state index contributed by atoms with van der Waals surface area (Å²) in [5.41, 5.74) is 2.94. The van der Waals surface area contributed by atoms with Crippen LogP contribution in [0, 0.1) is 0 Å². The van der Waals surface area contributed by atoms with E-state index in [1.54, 1.807) is 25.3 Å². The molecule has 1 unspecified atom stereocenters. The topological polar surface area (TPSA) is 96.5 Å². The summed E-state index contributed by atoms with van der Waals surface area (Å²) in [7, 11) is -3.35. The third-order valence-corrected chi connectivity index (χ3v) is 6.26. The van der Waals surface area contributed by atoms with Gasteiger partial charge in [0.2, 0.25) is 15.8 Å². The second kappa shape index (κ2) is 7.04. The van der Waals surface area contributed by atoms with Gasteiger partial charge in [-0.05, 0) is 43.2 Å². The maximum atomic E-state index is 12.8. The zero-order chi connectivity index (χ0) is 20.8. The number of aromatic amines is 1. The maximum absolute atomic E-state index is 12.8. The van der Waals surface area contributed by atoms with E-state index in [1.807, 2.05) is 24.3 Å². The fraction of sp³-hybridized carbons (Fsp3) is 0.238. The molecule has 2 heterocycles. The van der Waals surface area contributed by atoms with Crippen LogP contribution in [-0.4, -0.2) is 44.1 Å². The number of aromatic nitrogens is 1. The molecule has 8 heteroatoms. The first-order chi connectivity index (χ1) is 13.8. The van der Waals surface area contributed by atoms with E-state index < -0.39 is 22.1 Å². The summed E-state index contributed by atoms with van der Waals surface area (Å²) >= 11 is 0. The van der Waals surface area contributed by atoms with Gasteiger partial charge in [-0.25, -0.2) is 13.2 Å². The van der Waals surface area contributed by atoms with Crippen molar-refractivity contribution in [1.29, 1.82) is 0 Å². The average molecular weight is 412 g/mol. The summed E-state index contributed by atoms with van der Waals surface area (Å²) in [6.45, 7) is 1.89. The molecular formula is C21H20N2O5S. The van der Waals surface area contributed by atoms with E-state index >= 15 is 0 Å². The quantitative estimate of drug-likeness (QED) is 0.513. The van der Waals surface area contributed by atoms with Gasteiger partial charge in [0.05, 0.1) is 17.5 Å². The Morgan fingerprint density at radius 1 is 1.17 bits per heavy atom. The van der Waals surface area contributed by atoms with Gasteiger partial charge in [0, 0.05) is 29.2 Å².